The Hall–Kier alpha value is -0.610. The zero-order chi connectivity index (χ0) is 13.4. The van der Waals surface area contributed by atoms with Crippen molar-refractivity contribution in [3.63, 3.8) is 0 Å². The summed E-state index contributed by atoms with van der Waals surface area (Å²) in [6.45, 7) is 3.27. The molecule has 3 nitrogen and oxygen atoms in total. The van der Waals surface area contributed by atoms with Crippen molar-refractivity contribution in [3.05, 3.63) is 34.9 Å². The standard InChI is InChI=1S/C14H22ClNO2/c1-3-14(11-5-4-6-12(15)9-11)16-8-7-13(17)10-18-2/h4-6,9,13-14,16-17H,3,7-8,10H2,1-2H3. The van der Waals surface area contributed by atoms with Crippen molar-refractivity contribution in [2.75, 3.05) is 20.3 Å². The summed E-state index contributed by atoms with van der Waals surface area (Å²) in [5.41, 5.74) is 1.19. The third-order valence-electron chi connectivity index (χ3n) is 2.89. The van der Waals surface area contributed by atoms with Crippen LogP contribution in [0, 0.1) is 0 Å². The van der Waals surface area contributed by atoms with Crippen LogP contribution in [0.4, 0.5) is 0 Å². The van der Waals surface area contributed by atoms with E-state index in [0.717, 1.165) is 18.0 Å². The zero-order valence-electron chi connectivity index (χ0n) is 11.0. The Labute approximate surface area is 114 Å². The lowest BCUT2D eigenvalue weighted by Crippen LogP contribution is -2.26. The van der Waals surface area contributed by atoms with Gasteiger partial charge in [-0.25, -0.2) is 0 Å². The first kappa shape index (κ1) is 15.4. The van der Waals surface area contributed by atoms with Crippen LogP contribution in [0.15, 0.2) is 24.3 Å². The molecule has 18 heavy (non-hydrogen) atoms. The fraction of sp³-hybridized carbons (Fsp3) is 0.571. The number of rotatable bonds is 8. The smallest absolute Gasteiger partial charge is 0.0785 e. The highest BCUT2D eigenvalue weighted by atomic mass is 35.5. The normalized spacial score (nSPS) is 14.4. The molecule has 0 bridgehead atoms. The summed E-state index contributed by atoms with van der Waals surface area (Å²) in [7, 11) is 1.59. The molecular weight excluding hydrogens is 250 g/mol. The van der Waals surface area contributed by atoms with Gasteiger partial charge in [0.1, 0.15) is 0 Å². The molecule has 0 aliphatic heterocycles. The van der Waals surface area contributed by atoms with Crippen LogP contribution in [0.1, 0.15) is 31.4 Å². The van der Waals surface area contributed by atoms with E-state index in [1.807, 2.05) is 18.2 Å². The monoisotopic (exact) mass is 271 g/mol. The molecule has 102 valence electrons. The van der Waals surface area contributed by atoms with Crippen LogP contribution < -0.4 is 5.32 Å². The molecule has 2 unspecified atom stereocenters. The molecular formula is C14H22ClNO2. The van der Waals surface area contributed by atoms with E-state index in [1.54, 1.807) is 7.11 Å². The quantitative estimate of drug-likeness (QED) is 0.764. The van der Waals surface area contributed by atoms with Crippen LogP contribution in [0.25, 0.3) is 0 Å². The Morgan fingerprint density at radius 3 is 2.83 bits per heavy atom. The lowest BCUT2D eigenvalue weighted by molar-refractivity contribution is 0.0589. The minimum absolute atomic E-state index is 0.276. The van der Waals surface area contributed by atoms with Crippen molar-refractivity contribution in [1.29, 1.82) is 0 Å². The number of ether oxygens (including phenoxy) is 1. The maximum absolute atomic E-state index is 9.56. The van der Waals surface area contributed by atoms with Gasteiger partial charge in [-0.1, -0.05) is 30.7 Å². The van der Waals surface area contributed by atoms with Gasteiger partial charge in [-0.3, -0.25) is 0 Å². The van der Waals surface area contributed by atoms with Crippen LogP contribution in [0.5, 0.6) is 0 Å². The van der Waals surface area contributed by atoms with E-state index in [-0.39, 0.29) is 6.04 Å². The van der Waals surface area contributed by atoms with E-state index in [4.69, 9.17) is 16.3 Å². The number of aliphatic hydroxyl groups is 1. The Kier molecular flexibility index (Phi) is 7.28. The van der Waals surface area contributed by atoms with Gasteiger partial charge < -0.3 is 15.2 Å². The van der Waals surface area contributed by atoms with E-state index >= 15 is 0 Å². The zero-order valence-corrected chi connectivity index (χ0v) is 11.8. The predicted molar refractivity (Wildman–Crippen MR) is 75.0 cm³/mol. The molecule has 2 N–H and O–H groups in total. The summed E-state index contributed by atoms with van der Waals surface area (Å²) >= 11 is 5.99. The molecule has 0 aliphatic carbocycles. The van der Waals surface area contributed by atoms with Crippen molar-refractivity contribution in [3.8, 4) is 0 Å². The van der Waals surface area contributed by atoms with Gasteiger partial charge in [0.25, 0.3) is 0 Å². The highest BCUT2D eigenvalue weighted by Gasteiger charge is 2.10. The Morgan fingerprint density at radius 1 is 1.44 bits per heavy atom. The molecule has 0 saturated heterocycles. The van der Waals surface area contributed by atoms with E-state index in [0.29, 0.717) is 13.0 Å². The Morgan fingerprint density at radius 2 is 2.22 bits per heavy atom. The Balaban J connectivity index is 2.43. The fourth-order valence-corrected chi connectivity index (χ4v) is 2.12. The molecule has 0 aromatic heterocycles. The molecule has 0 fully saturated rings. The second-order valence-corrected chi connectivity index (χ2v) is 4.80. The van der Waals surface area contributed by atoms with Gasteiger partial charge in [0.15, 0.2) is 0 Å². The van der Waals surface area contributed by atoms with Crippen molar-refractivity contribution < 1.29 is 9.84 Å². The van der Waals surface area contributed by atoms with Crippen LogP contribution in [0.2, 0.25) is 5.02 Å². The van der Waals surface area contributed by atoms with E-state index in [9.17, 15) is 5.11 Å². The van der Waals surface area contributed by atoms with Crippen LogP contribution in [0.3, 0.4) is 0 Å². The van der Waals surface area contributed by atoms with Crippen molar-refractivity contribution >= 4 is 11.6 Å². The topological polar surface area (TPSA) is 41.5 Å². The predicted octanol–water partition coefficient (Wildman–Crippen LogP) is 2.78. The van der Waals surface area contributed by atoms with Gasteiger partial charge in [0, 0.05) is 18.2 Å². The number of nitrogens with one attached hydrogen (secondary N) is 1. The molecule has 0 spiro atoms. The van der Waals surface area contributed by atoms with E-state index in [2.05, 4.69) is 18.3 Å². The maximum Gasteiger partial charge on any atom is 0.0785 e. The lowest BCUT2D eigenvalue weighted by Gasteiger charge is -2.19. The summed E-state index contributed by atoms with van der Waals surface area (Å²) in [6.07, 6.45) is 1.27. The van der Waals surface area contributed by atoms with Gasteiger partial charge in [-0.15, -0.1) is 0 Å². The van der Waals surface area contributed by atoms with Gasteiger partial charge in [-0.2, -0.15) is 0 Å². The fourth-order valence-electron chi connectivity index (χ4n) is 1.92. The number of halogens is 1. The summed E-state index contributed by atoms with van der Waals surface area (Å²) in [5.74, 6) is 0. The van der Waals surface area contributed by atoms with Crippen molar-refractivity contribution in [1.82, 2.24) is 5.32 Å². The van der Waals surface area contributed by atoms with Crippen LogP contribution in [-0.2, 0) is 4.74 Å². The number of benzene rings is 1. The van der Waals surface area contributed by atoms with E-state index in [1.165, 1.54) is 5.56 Å². The van der Waals surface area contributed by atoms with Gasteiger partial charge >= 0.3 is 0 Å². The molecule has 0 radical (unpaired) electrons. The largest absolute Gasteiger partial charge is 0.391 e. The second-order valence-electron chi connectivity index (χ2n) is 4.37. The SMILES string of the molecule is CCC(NCCC(O)COC)c1cccc(Cl)c1. The summed E-state index contributed by atoms with van der Waals surface area (Å²) in [6, 6.07) is 8.16. The van der Waals surface area contributed by atoms with Crippen molar-refractivity contribution in [2.45, 2.75) is 31.9 Å². The molecule has 0 amide bonds. The highest BCUT2D eigenvalue weighted by Crippen LogP contribution is 2.20. The number of hydrogen-bond donors (Lipinski definition) is 2. The minimum Gasteiger partial charge on any atom is -0.391 e. The van der Waals surface area contributed by atoms with Gasteiger partial charge in [0.2, 0.25) is 0 Å². The average molecular weight is 272 g/mol. The van der Waals surface area contributed by atoms with Crippen molar-refractivity contribution in [2.24, 2.45) is 0 Å². The van der Waals surface area contributed by atoms with E-state index < -0.39 is 6.10 Å². The maximum atomic E-state index is 9.56. The number of aliphatic hydroxyl groups excluding tert-OH is 1. The summed E-state index contributed by atoms with van der Waals surface area (Å²) in [5, 5.41) is 13.7. The van der Waals surface area contributed by atoms with Crippen LogP contribution in [-0.4, -0.2) is 31.5 Å². The van der Waals surface area contributed by atoms with Gasteiger partial charge in [0.05, 0.1) is 12.7 Å². The molecule has 4 heteroatoms. The molecule has 1 rings (SSSR count). The first-order valence-corrected chi connectivity index (χ1v) is 6.71. The molecule has 1 aromatic carbocycles. The first-order valence-electron chi connectivity index (χ1n) is 6.33. The molecule has 2 atom stereocenters. The average Bonchev–Trinajstić information content (AvgIpc) is 2.35. The third-order valence-corrected chi connectivity index (χ3v) is 3.12. The lowest BCUT2D eigenvalue weighted by atomic mass is 10.0. The molecule has 1 aromatic rings. The third kappa shape index (κ3) is 5.36. The highest BCUT2D eigenvalue weighted by molar-refractivity contribution is 6.30. The summed E-state index contributed by atoms with van der Waals surface area (Å²) in [4.78, 5) is 0. The number of hydrogen-bond acceptors (Lipinski definition) is 3. The number of methoxy groups -OCH3 is 1. The summed E-state index contributed by atoms with van der Waals surface area (Å²) < 4.78 is 4.89. The second kappa shape index (κ2) is 8.48. The molecule has 0 aliphatic rings. The Bertz CT molecular complexity index is 346. The molecule has 0 saturated carbocycles. The van der Waals surface area contributed by atoms with Gasteiger partial charge in [-0.05, 0) is 37.1 Å². The molecule has 0 heterocycles. The van der Waals surface area contributed by atoms with Crippen LogP contribution >= 0.6 is 11.6 Å². The first-order chi connectivity index (χ1) is 8.67. The minimum atomic E-state index is -0.403.